The second-order valence-electron chi connectivity index (χ2n) is 4.62. The Balaban J connectivity index is 2.01. The van der Waals surface area contributed by atoms with Crippen molar-refractivity contribution in [3.63, 3.8) is 0 Å². The Bertz CT molecular complexity index is 436. The molecule has 0 spiro atoms. The second-order valence-corrected chi connectivity index (χ2v) is 4.62. The van der Waals surface area contributed by atoms with E-state index in [0.717, 1.165) is 37.4 Å². The molecule has 1 aliphatic rings. The van der Waals surface area contributed by atoms with Crippen LogP contribution >= 0.6 is 0 Å². The third-order valence-corrected chi connectivity index (χ3v) is 3.35. The predicted molar refractivity (Wildman–Crippen MR) is 73.8 cm³/mol. The number of nitrogens with zero attached hydrogens (tertiary/aromatic N) is 1. The fraction of sp³-hybridized carbons (Fsp3) is 0.500. The van der Waals surface area contributed by atoms with Gasteiger partial charge in [0.25, 0.3) is 0 Å². The Morgan fingerprint density at radius 2 is 2.26 bits per heavy atom. The van der Waals surface area contributed by atoms with E-state index in [-0.39, 0.29) is 12.1 Å². The predicted octanol–water partition coefficient (Wildman–Crippen LogP) is 2.02. The van der Waals surface area contributed by atoms with Crippen molar-refractivity contribution in [2.24, 2.45) is 0 Å². The van der Waals surface area contributed by atoms with Crippen molar-refractivity contribution in [3.05, 3.63) is 24.3 Å². The van der Waals surface area contributed by atoms with Gasteiger partial charge in [0.1, 0.15) is 5.75 Å². The van der Waals surface area contributed by atoms with E-state index >= 15 is 0 Å². The van der Waals surface area contributed by atoms with Crippen molar-refractivity contribution in [3.8, 4) is 5.75 Å². The smallest absolute Gasteiger partial charge is 0.407 e. The molecule has 0 bridgehead atoms. The van der Waals surface area contributed by atoms with Crippen molar-refractivity contribution in [2.75, 3.05) is 32.2 Å². The Hall–Kier alpha value is -1.91. The minimum absolute atomic E-state index is 0.132. The number of piperidine rings is 1. The lowest BCUT2D eigenvalue weighted by Gasteiger charge is -2.34. The molecule has 1 aromatic rings. The molecule has 0 saturated carbocycles. The molecule has 1 aromatic carbocycles. The number of methoxy groups -OCH3 is 2. The Kier molecular flexibility index (Phi) is 4.49. The number of alkyl carbamates (subject to hydrolysis) is 1. The molecule has 1 N–H and O–H groups in total. The van der Waals surface area contributed by atoms with E-state index in [4.69, 9.17) is 4.74 Å². The molecule has 1 heterocycles. The van der Waals surface area contributed by atoms with E-state index in [0.29, 0.717) is 0 Å². The number of hydrogen-bond acceptors (Lipinski definition) is 4. The van der Waals surface area contributed by atoms with Crippen LogP contribution in [0.5, 0.6) is 5.75 Å². The van der Waals surface area contributed by atoms with Crippen LogP contribution in [0.4, 0.5) is 10.5 Å². The monoisotopic (exact) mass is 264 g/mol. The topological polar surface area (TPSA) is 50.8 Å². The number of rotatable bonds is 3. The lowest BCUT2D eigenvalue weighted by Crippen LogP contribution is -2.47. The molecule has 1 amide bonds. The average Bonchev–Trinajstić information content (AvgIpc) is 2.47. The number of carbonyl (C=O) groups is 1. The molecule has 1 unspecified atom stereocenters. The first-order valence-electron chi connectivity index (χ1n) is 6.46. The summed E-state index contributed by atoms with van der Waals surface area (Å²) in [6.07, 6.45) is 1.67. The van der Waals surface area contributed by atoms with Gasteiger partial charge in [-0.3, -0.25) is 0 Å². The van der Waals surface area contributed by atoms with Crippen LogP contribution in [-0.4, -0.2) is 39.4 Å². The Morgan fingerprint density at radius 3 is 3.00 bits per heavy atom. The van der Waals surface area contributed by atoms with Gasteiger partial charge in [0.05, 0.1) is 14.2 Å². The average molecular weight is 264 g/mol. The second kappa shape index (κ2) is 6.31. The van der Waals surface area contributed by atoms with E-state index in [1.165, 1.54) is 7.11 Å². The van der Waals surface area contributed by atoms with E-state index in [1.54, 1.807) is 7.11 Å². The third kappa shape index (κ3) is 3.53. The molecule has 19 heavy (non-hydrogen) atoms. The summed E-state index contributed by atoms with van der Waals surface area (Å²) in [7, 11) is 3.05. The summed E-state index contributed by atoms with van der Waals surface area (Å²) in [5, 5.41) is 2.86. The number of carbonyl (C=O) groups excluding carboxylic acids is 1. The minimum atomic E-state index is -0.363. The summed E-state index contributed by atoms with van der Waals surface area (Å²) in [6.45, 7) is 1.79. The fourth-order valence-corrected chi connectivity index (χ4v) is 2.36. The van der Waals surface area contributed by atoms with Crippen molar-refractivity contribution >= 4 is 11.8 Å². The zero-order valence-electron chi connectivity index (χ0n) is 11.4. The first-order chi connectivity index (χ1) is 9.22. The van der Waals surface area contributed by atoms with Gasteiger partial charge in [-0.2, -0.15) is 0 Å². The molecular weight excluding hydrogens is 244 g/mol. The highest BCUT2D eigenvalue weighted by molar-refractivity contribution is 5.67. The van der Waals surface area contributed by atoms with E-state index in [1.807, 2.05) is 18.2 Å². The van der Waals surface area contributed by atoms with Gasteiger partial charge in [-0.25, -0.2) is 4.79 Å². The van der Waals surface area contributed by atoms with Gasteiger partial charge in [-0.1, -0.05) is 6.07 Å². The number of amides is 1. The molecule has 1 aliphatic heterocycles. The molecule has 1 atom stereocenters. The molecule has 1 saturated heterocycles. The maximum Gasteiger partial charge on any atom is 0.407 e. The molecule has 5 heteroatoms. The molecule has 0 aromatic heterocycles. The van der Waals surface area contributed by atoms with Crippen molar-refractivity contribution in [1.29, 1.82) is 0 Å². The Morgan fingerprint density at radius 1 is 1.42 bits per heavy atom. The van der Waals surface area contributed by atoms with Crippen LogP contribution in [0, 0.1) is 0 Å². The van der Waals surface area contributed by atoms with E-state index in [9.17, 15) is 4.79 Å². The summed E-state index contributed by atoms with van der Waals surface area (Å²) in [5.41, 5.74) is 1.12. The van der Waals surface area contributed by atoms with Crippen molar-refractivity contribution in [1.82, 2.24) is 5.32 Å². The number of ether oxygens (including phenoxy) is 2. The van der Waals surface area contributed by atoms with Crippen LogP contribution in [0.1, 0.15) is 12.8 Å². The lowest BCUT2D eigenvalue weighted by atomic mass is 10.1. The largest absolute Gasteiger partial charge is 0.497 e. The highest BCUT2D eigenvalue weighted by atomic mass is 16.5. The normalized spacial score (nSPS) is 18.8. The summed E-state index contributed by atoms with van der Waals surface area (Å²) in [6, 6.07) is 8.11. The molecule has 104 valence electrons. The SMILES string of the molecule is COC(=O)NC1CCCN(c2cccc(OC)c2)C1. The summed E-state index contributed by atoms with van der Waals surface area (Å²) in [5.74, 6) is 0.848. The van der Waals surface area contributed by atoms with Crippen LogP contribution < -0.4 is 15.0 Å². The molecule has 5 nitrogen and oxygen atoms in total. The van der Waals surface area contributed by atoms with Gasteiger partial charge in [-0.15, -0.1) is 0 Å². The van der Waals surface area contributed by atoms with Gasteiger partial charge in [0.15, 0.2) is 0 Å². The molecule has 1 fully saturated rings. The molecule has 0 aliphatic carbocycles. The van der Waals surface area contributed by atoms with Crippen molar-refractivity contribution in [2.45, 2.75) is 18.9 Å². The first-order valence-corrected chi connectivity index (χ1v) is 6.46. The number of anilines is 1. The van der Waals surface area contributed by atoms with Gasteiger partial charge < -0.3 is 19.7 Å². The summed E-state index contributed by atoms with van der Waals surface area (Å²) in [4.78, 5) is 13.5. The van der Waals surface area contributed by atoms with Crippen molar-refractivity contribution < 1.29 is 14.3 Å². The minimum Gasteiger partial charge on any atom is -0.497 e. The highest BCUT2D eigenvalue weighted by Gasteiger charge is 2.21. The maximum atomic E-state index is 11.3. The number of hydrogen-bond donors (Lipinski definition) is 1. The third-order valence-electron chi connectivity index (χ3n) is 3.35. The van der Waals surface area contributed by atoms with E-state index < -0.39 is 0 Å². The standard InChI is InChI=1S/C14H20N2O3/c1-18-13-7-3-6-12(9-13)16-8-4-5-11(10-16)15-14(17)19-2/h3,6-7,9,11H,4-5,8,10H2,1-2H3,(H,15,17). The van der Waals surface area contributed by atoms with Gasteiger partial charge in [0, 0.05) is 30.9 Å². The van der Waals surface area contributed by atoms with Crippen LogP contribution in [0.3, 0.4) is 0 Å². The van der Waals surface area contributed by atoms with Gasteiger partial charge in [0.2, 0.25) is 0 Å². The molecule has 2 rings (SSSR count). The number of nitrogens with one attached hydrogen (secondary N) is 1. The van der Waals surface area contributed by atoms with E-state index in [2.05, 4.69) is 21.0 Å². The number of benzene rings is 1. The fourth-order valence-electron chi connectivity index (χ4n) is 2.36. The zero-order valence-corrected chi connectivity index (χ0v) is 11.4. The Labute approximate surface area is 113 Å². The van der Waals surface area contributed by atoms with Crippen LogP contribution in [0.25, 0.3) is 0 Å². The van der Waals surface area contributed by atoms with Crippen LogP contribution in [0.2, 0.25) is 0 Å². The maximum absolute atomic E-state index is 11.3. The highest BCUT2D eigenvalue weighted by Crippen LogP contribution is 2.24. The molecule has 0 radical (unpaired) electrons. The first kappa shape index (κ1) is 13.5. The zero-order chi connectivity index (χ0) is 13.7. The molecular formula is C14H20N2O3. The van der Waals surface area contributed by atoms with Gasteiger partial charge >= 0.3 is 6.09 Å². The van der Waals surface area contributed by atoms with Crippen LogP contribution in [-0.2, 0) is 4.74 Å². The summed E-state index contributed by atoms with van der Waals surface area (Å²) < 4.78 is 9.88. The lowest BCUT2D eigenvalue weighted by molar-refractivity contribution is 0.165. The van der Waals surface area contributed by atoms with Gasteiger partial charge in [-0.05, 0) is 25.0 Å². The van der Waals surface area contributed by atoms with Crippen LogP contribution in [0.15, 0.2) is 24.3 Å². The quantitative estimate of drug-likeness (QED) is 0.907. The summed E-state index contributed by atoms with van der Waals surface area (Å²) >= 11 is 0.